The van der Waals surface area contributed by atoms with Crippen molar-refractivity contribution in [3.63, 3.8) is 0 Å². The minimum atomic E-state index is 0.714. The molecular weight excluding hydrogens is 226 g/mol. The Labute approximate surface area is 110 Å². The predicted molar refractivity (Wildman–Crippen MR) is 76.8 cm³/mol. The zero-order valence-electron chi connectivity index (χ0n) is 11.2. The molecule has 1 saturated carbocycles. The van der Waals surface area contributed by atoms with E-state index < -0.39 is 0 Å². The molecule has 17 heavy (non-hydrogen) atoms. The zero-order chi connectivity index (χ0) is 12.1. The Hall–Kier alpha value is -0.340. The first-order valence-electron chi connectivity index (χ1n) is 7.14. The Morgan fingerprint density at radius 1 is 1.24 bits per heavy atom. The van der Waals surface area contributed by atoms with Gasteiger partial charge in [0.15, 0.2) is 0 Å². The summed E-state index contributed by atoms with van der Waals surface area (Å²) >= 11 is 2.01. The maximum atomic E-state index is 3.71. The van der Waals surface area contributed by atoms with Gasteiger partial charge in [0.05, 0.1) is 0 Å². The fourth-order valence-corrected chi connectivity index (χ4v) is 3.98. The van der Waals surface area contributed by atoms with Crippen LogP contribution < -0.4 is 5.32 Å². The first kappa shape index (κ1) is 13.1. The second kappa shape index (κ2) is 6.55. The van der Waals surface area contributed by atoms with E-state index in [1.54, 1.807) is 4.88 Å². The van der Waals surface area contributed by atoms with Gasteiger partial charge in [0, 0.05) is 15.8 Å². The van der Waals surface area contributed by atoms with Gasteiger partial charge in [-0.25, -0.2) is 0 Å². The van der Waals surface area contributed by atoms with Crippen molar-refractivity contribution in [2.24, 2.45) is 5.92 Å². The highest BCUT2D eigenvalue weighted by atomic mass is 32.1. The van der Waals surface area contributed by atoms with Crippen LogP contribution in [0.2, 0.25) is 0 Å². The molecule has 1 aliphatic carbocycles. The van der Waals surface area contributed by atoms with Gasteiger partial charge in [-0.15, -0.1) is 11.3 Å². The van der Waals surface area contributed by atoms with Crippen LogP contribution >= 0.6 is 11.3 Å². The lowest BCUT2D eigenvalue weighted by Crippen LogP contribution is -2.36. The van der Waals surface area contributed by atoms with Crippen molar-refractivity contribution in [2.75, 3.05) is 6.54 Å². The summed E-state index contributed by atoms with van der Waals surface area (Å²) in [6, 6.07) is 5.35. The second-order valence-corrected chi connectivity index (χ2v) is 6.39. The third-order valence-electron chi connectivity index (χ3n) is 3.92. The SMILES string of the molecule is CCNC(Cc1ccc(CC)s1)C1CCCC1. The van der Waals surface area contributed by atoms with Crippen LogP contribution in [0.5, 0.6) is 0 Å². The van der Waals surface area contributed by atoms with Gasteiger partial charge in [0.1, 0.15) is 0 Å². The van der Waals surface area contributed by atoms with Crippen LogP contribution in [0.4, 0.5) is 0 Å². The van der Waals surface area contributed by atoms with E-state index in [0.717, 1.165) is 12.5 Å². The van der Waals surface area contributed by atoms with Crippen LogP contribution in [-0.2, 0) is 12.8 Å². The number of thiophene rings is 1. The molecule has 2 heteroatoms. The second-order valence-electron chi connectivity index (χ2n) is 5.13. The molecule has 1 aliphatic rings. The molecular formula is C15H25NS. The van der Waals surface area contributed by atoms with Crippen molar-refractivity contribution in [1.29, 1.82) is 0 Å². The third-order valence-corrected chi connectivity index (χ3v) is 5.17. The predicted octanol–water partition coefficient (Wildman–Crippen LogP) is 4.02. The summed E-state index contributed by atoms with van der Waals surface area (Å²) in [7, 11) is 0. The molecule has 0 bridgehead atoms. The van der Waals surface area contributed by atoms with Crippen LogP contribution in [0.15, 0.2) is 12.1 Å². The first-order chi connectivity index (χ1) is 8.33. The van der Waals surface area contributed by atoms with Crippen LogP contribution in [0.1, 0.15) is 49.3 Å². The van der Waals surface area contributed by atoms with E-state index in [2.05, 4.69) is 31.3 Å². The molecule has 1 atom stereocenters. The number of rotatable bonds is 6. The van der Waals surface area contributed by atoms with Crippen LogP contribution in [-0.4, -0.2) is 12.6 Å². The molecule has 0 aromatic carbocycles. The fraction of sp³-hybridized carbons (Fsp3) is 0.733. The van der Waals surface area contributed by atoms with Gasteiger partial charge >= 0.3 is 0 Å². The summed E-state index contributed by atoms with van der Waals surface area (Å²) < 4.78 is 0. The lowest BCUT2D eigenvalue weighted by molar-refractivity contribution is 0.364. The maximum absolute atomic E-state index is 3.71. The highest BCUT2D eigenvalue weighted by Gasteiger charge is 2.24. The summed E-state index contributed by atoms with van der Waals surface area (Å²) in [5, 5.41) is 3.71. The summed E-state index contributed by atoms with van der Waals surface area (Å²) in [6.07, 6.45) is 8.17. The summed E-state index contributed by atoms with van der Waals surface area (Å²) in [5.74, 6) is 0.919. The number of likely N-dealkylation sites (N-methyl/N-ethyl adjacent to an activating group) is 1. The van der Waals surface area contributed by atoms with Crippen LogP contribution in [0, 0.1) is 5.92 Å². The highest BCUT2D eigenvalue weighted by Crippen LogP contribution is 2.30. The normalized spacial score (nSPS) is 18.7. The monoisotopic (exact) mass is 251 g/mol. The number of hydrogen-bond donors (Lipinski definition) is 1. The molecule has 0 saturated heterocycles. The molecule has 0 aliphatic heterocycles. The molecule has 1 N–H and O–H groups in total. The number of nitrogens with one attached hydrogen (secondary N) is 1. The molecule has 1 unspecified atom stereocenters. The lowest BCUT2D eigenvalue weighted by atomic mass is 9.95. The van der Waals surface area contributed by atoms with Crippen molar-refractivity contribution < 1.29 is 0 Å². The standard InChI is InChI=1S/C15H25NS/c1-3-13-9-10-14(17-13)11-15(16-4-2)12-7-5-6-8-12/h9-10,12,15-16H,3-8,11H2,1-2H3. The van der Waals surface area contributed by atoms with Crippen molar-refractivity contribution in [1.82, 2.24) is 5.32 Å². The van der Waals surface area contributed by atoms with Crippen molar-refractivity contribution in [3.05, 3.63) is 21.9 Å². The van der Waals surface area contributed by atoms with Crippen molar-refractivity contribution in [2.45, 2.75) is 58.4 Å². The minimum Gasteiger partial charge on any atom is -0.314 e. The van der Waals surface area contributed by atoms with E-state index in [1.807, 2.05) is 11.3 Å². The smallest absolute Gasteiger partial charge is 0.0143 e. The average Bonchev–Trinajstić information content (AvgIpc) is 2.99. The van der Waals surface area contributed by atoms with E-state index in [9.17, 15) is 0 Å². The van der Waals surface area contributed by atoms with Gasteiger partial charge in [-0.1, -0.05) is 26.7 Å². The molecule has 1 aromatic rings. The summed E-state index contributed by atoms with van der Waals surface area (Å²) in [5.41, 5.74) is 0. The zero-order valence-corrected chi connectivity index (χ0v) is 12.0. The molecule has 96 valence electrons. The minimum absolute atomic E-state index is 0.714. The van der Waals surface area contributed by atoms with Gasteiger partial charge in [-0.05, 0) is 50.3 Å². The van der Waals surface area contributed by atoms with Gasteiger partial charge in [0.25, 0.3) is 0 Å². The largest absolute Gasteiger partial charge is 0.314 e. The third kappa shape index (κ3) is 3.56. The Morgan fingerprint density at radius 3 is 2.53 bits per heavy atom. The molecule has 1 heterocycles. The van der Waals surface area contributed by atoms with Crippen LogP contribution in [0.3, 0.4) is 0 Å². The topological polar surface area (TPSA) is 12.0 Å². The maximum Gasteiger partial charge on any atom is 0.0143 e. The quantitative estimate of drug-likeness (QED) is 0.805. The van der Waals surface area contributed by atoms with Crippen LogP contribution in [0.25, 0.3) is 0 Å². The van der Waals surface area contributed by atoms with Gasteiger partial charge in [0.2, 0.25) is 0 Å². The molecule has 1 fully saturated rings. The summed E-state index contributed by atoms with van der Waals surface area (Å²) in [6.45, 7) is 5.58. The van der Waals surface area contributed by atoms with Crippen molar-refractivity contribution >= 4 is 11.3 Å². The van der Waals surface area contributed by atoms with E-state index >= 15 is 0 Å². The van der Waals surface area contributed by atoms with Gasteiger partial charge in [-0.2, -0.15) is 0 Å². The molecule has 0 amide bonds. The van der Waals surface area contributed by atoms with E-state index in [-0.39, 0.29) is 0 Å². The van der Waals surface area contributed by atoms with E-state index in [4.69, 9.17) is 0 Å². The Bertz CT molecular complexity index is 325. The highest BCUT2D eigenvalue weighted by molar-refractivity contribution is 7.11. The Morgan fingerprint density at radius 2 is 1.94 bits per heavy atom. The molecule has 0 spiro atoms. The molecule has 2 rings (SSSR count). The van der Waals surface area contributed by atoms with E-state index in [0.29, 0.717) is 6.04 Å². The molecule has 1 nitrogen and oxygen atoms in total. The van der Waals surface area contributed by atoms with E-state index in [1.165, 1.54) is 43.4 Å². The Balaban J connectivity index is 1.96. The lowest BCUT2D eigenvalue weighted by Gasteiger charge is -2.23. The average molecular weight is 251 g/mol. The number of aryl methyl sites for hydroxylation is 1. The molecule has 1 aromatic heterocycles. The van der Waals surface area contributed by atoms with Gasteiger partial charge < -0.3 is 5.32 Å². The Kier molecular flexibility index (Phi) is 5.05. The fourth-order valence-electron chi connectivity index (χ4n) is 2.97. The van der Waals surface area contributed by atoms with Gasteiger partial charge in [-0.3, -0.25) is 0 Å². The van der Waals surface area contributed by atoms with Crippen molar-refractivity contribution in [3.8, 4) is 0 Å². The number of hydrogen-bond acceptors (Lipinski definition) is 2. The molecule has 0 radical (unpaired) electrons. The summed E-state index contributed by atoms with van der Waals surface area (Å²) in [4.78, 5) is 3.10. The first-order valence-corrected chi connectivity index (χ1v) is 7.96.